The van der Waals surface area contributed by atoms with Crippen LogP contribution in [-0.2, 0) is 0 Å². The van der Waals surface area contributed by atoms with Gasteiger partial charge in [-0.2, -0.15) is 0 Å². The van der Waals surface area contributed by atoms with E-state index in [2.05, 4.69) is 39.7 Å². The van der Waals surface area contributed by atoms with Gasteiger partial charge in [0.25, 0.3) is 0 Å². The van der Waals surface area contributed by atoms with Crippen LogP contribution in [0.4, 0.5) is 0 Å². The highest BCUT2D eigenvalue weighted by Gasteiger charge is 2.46. The smallest absolute Gasteiger partial charge is 0.142 e. The van der Waals surface area contributed by atoms with Crippen molar-refractivity contribution in [1.82, 2.24) is 9.97 Å². The summed E-state index contributed by atoms with van der Waals surface area (Å²) in [4.78, 5) is 7.43. The van der Waals surface area contributed by atoms with Gasteiger partial charge in [-0.1, -0.05) is 22.9 Å². The molecular formula is C20H24BBrN2O. The van der Waals surface area contributed by atoms with Crippen molar-refractivity contribution < 1.29 is 5.11 Å². The minimum Gasteiger partial charge on any atom is -0.506 e. The number of aromatic amines is 1. The molecular weight excluding hydrogens is 375 g/mol. The highest BCUT2D eigenvalue weighted by Crippen LogP contribution is 2.56. The maximum Gasteiger partial charge on any atom is 0.142 e. The van der Waals surface area contributed by atoms with Crippen molar-refractivity contribution >= 4 is 40.4 Å². The van der Waals surface area contributed by atoms with Crippen LogP contribution in [0.5, 0.6) is 5.75 Å². The Morgan fingerprint density at radius 3 is 3.00 bits per heavy atom. The van der Waals surface area contributed by atoms with Gasteiger partial charge in [-0.05, 0) is 67.9 Å². The van der Waals surface area contributed by atoms with Crippen LogP contribution < -0.4 is 0 Å². The Balaban J connectivity index is 1.80. The average molecular weight is 399 g/mol. The van der Waals surface area contributed by atoms with Crippen LogP contribution in [0.15, 0.2) is 24.4 Å². The van der Waals surface area contributed by atoms with E-state index in [0.717, 1.165) is 34.5 Å². The van der Waals surface area contributed by atoms with Gasteiger partial charge in [0, 0.05) is 21.5 Å². The third-order valence-electron chi connectivity index (χ3n) is 6.26. The Kier molecular flexibility index (Phi) is 4.26. The van der Waals surface area contributed by atoms with Crippen LogP contribution >= 0.6 is 15.9 Å². The SMILES string of the molecule is [B]/C=C(\c1c(O)cnc2[nH]ccc12)C1C(C)CC2CC1CC(C)(Br)C2. The number of H-pyrrole nitrogens is 1. The number of allylic oxidation sites excluding steroid dienone is 1. The predicted octanol–water partition coefficient (Wildman–Crippen LogP) is 5.00. The quantitative estimate of drug-likeness (QED) is 0.552. The Morgan fingerprint density at radius 1 is 1.44 bits per heavy atom. The first-order valence-electron chi connectivity index (χ1n) is 9.16. The number of alkyl halides is 1. The van der Waals surface area contributed by atoms with Crippen molar-refractivity contribution in [2.75, 3.05) is 0 Å². The molecule has 2 aliphatic rings. The van der Waals surface area contributed by atoms with Gasteiger partial charge in [0.1, 0.15) is 19.2 Å². The van der Waals surface area contributed by atoms with Crippen LogP contribution in [-0.4, -0.2) is 27.2 Å². The molecule has 2 saturated carbocycles. The number of nitrogens with zero attached hydrogens (tertiary/aromatic N) is 1. The summed E-state index contributed by atoms with van der Waals surface area (Å²) >= 11 is 3.96. The van der Waals surface area contributed by atoms with E-state index in [-0.39, 0.29) is 10.1 Å². The molecule has 2 N–H and O–H groups in total. The number of hydrogen-bond acceptors (Lipinski definition) is 2. The second-order valence-corrected chi connectivity index (χ2v) is 10.2. The van der Waals surface area contributed by atoms with Gasteiger partial charge in [0.05, 0.1) is 6.20 Å². The number of pyridine rings is 1. The summed E-state index contributed by atoms with van der Waals surface area (Å²) in [5.74, 6) is 4.24. The molecule has 0 amide bonds. The summed E-state index contributed by atoms with van der Waals surface area (Å²) in [7, 11) is 6.15. The topological polar surface area (TPSA) is 48.9 Å². The Morgan fingerprint density at radius 2 is 2.24 bits per heavy atom. The summed E-state index contributed by atoms with van der Waals surface area (Å²) < 4.78 is 0.211. The summed E-state index contributed by atoms with van der Waals surface area (Å²) in [6, 6.07) is 1.98. The first-order valence-corrected chi connectivity index (χ1v) is 9.95. The fourth-order valence-electron chi connectivity index (χ4n) is 5.64. The fourth-order valence-corrected chi connectivity index (χ4v) is 6.51. The number of fused-ring (bicyclic) bond motifs is 3. The van der Waals surface area contributed by atoms with Crippen molar-refractivity contribution in [3.8, 4) is 5.75 Å². The summed E-state index contributed by atoms with van der Waals surface area (Å²) in [5, 5.41) is 11.5. The largest absolute Gasteiger partial charge is 0.506 e. The van der Waals surface area contributed by atoms with E-state index < -0.39 is 0 Å². The van der Waals surface area contributed by atoms with Crippen LogP contribution in [0.3, 0.4) is 0 Å². The van der Waals surface area contributed by atoms with Crippen molar-refractivity contribution in [1.29, 1.82) is 0 Å². The average Bonchev–Trinajstić information content (AvgIpc) is 2.99. The second kappa shape index (κ2) is 6.19. The Labute approximate surface area is 158 Å². The molecule has 2 aromatic rings. The molecule has 3 nitrogen and oxygen atoms in total. The van der Waals surface area contributed by atoms with Crippen LogP contribution in [0.1, 0.15) is 45.1 Å². The molecule has 5 atom stereocenters. The molecule has 130 valence electrons. The van der Waals surface area contributed by atoms with Gasteiger partial charge >= 0.3 is 0 Å². The lowest BCUT2D eigenvalue weighted by Gasteiger charge is -2.50. The maximum atomic E-state index is 10.6. The van der Waals surface area contributed by atoms with E-state index in [1.807, 2.05) is 12.3 Å². The first-order chi connectivity index (χ1) is 11.9. The second-order valence-electron chi connectivity index (χ2n) is 8.30. The fraction of sp³-hybridized carbons (Fsp3) is 0.550. The molecule has 2 heterocycles. The van der Waals surface area contributed by atoms with Gasteiger partial charge in [-0.25, -0.2) is 4.98 Å². The predicted molar refractivity (Wildman–Crippen MR) is 107 cm³/mol. The Bertz CT molecular complexity index is 826. The molecule has 2 aromatic heterocycles. The van der Waals surface area contributed by atoms with E-state index >= 15 is 0 Å². The van der Waals surface area contributed by atoms with E-state index in [1.165, 1.54) is 25.5 Å². The van der Waals surface area contributed by atoms with Crippen molar-refractivity contribution in [3.63, 3.8) is 0 Å². The zero-order chi connectivity index (χ0) is 17.8. The van der Waals surface area contributed by atoms with Crippen LogP contribution in [0.25, 0.3) is 16.6 Å². The third kappa shape index (κ3) is 2.94. The lowest BCUT2D eigenvalue weighted by molar-refractivity contribution is 0.0891. The molecule has 0 aromatic carbocycles. The molecule has 25 heavy (non-hydrogen) atoms. The zero-order valence-corrected chi connectivity index (χ0v) is 16.4. The van der Waals surface area contributed by atoms with Gasteiger partial charge in [-0.3, -0.25) is 0 Å². The standard InChI is InChI=1S/C20H24BBrN2O/c1-11-5-12-6-13(8-20(2,22)7-12)17(11)15(9-21)18-14-3-4-23-19(14)24-10-16(18)25/h3-4,9-13,17,25H,5-8H2,1-2H3,(H,23,24)/b15-9-. The minimum atomic E-state index is 0.211. The normalized spacial score (nSPS) is 35.9. The number of aromatic hydroxyl groups is 1. The Hall–Kier alpha value is -1.23. The number of rotatable bonds is 2. The summed E-state index contributed by atoms with van der Waals surface area (Å²) in [6.07, 6.45) is 8.29. The summed E-state index contributed by atoms with van der Waals surface area (Å²) in [5.41, 5.74) is 2.72. The van der Waals surface area contributed by atoms with E-state index in [1.54, 1.807) is 5.98 Å². The van der Waals surface area contributed by atoms with E-state index in [9.17, 15) is 5.11 Å². The van der Waals surface area contributed by atoms with Crippen molar-refractivity contribution in [2.45, 2.75) is 43.9 Å². The molecule has 4 rings (SSSR count). The highest BCUT2D eigenvalue weighted by molar-refractivity contribution is 9.10. The molecule has 2 bridgehead atoms. The molecule has 2 radical (unpaired) electrons. The number of halogens is 1. The minimum absolute atomic E-state index is 0.211. The maximum absolute atomic E-state index is 10.6. The lowest BCUT2D eigenvalue weighted by atomic mass is 9.57. The monoisotopic (exact) mass is 398 g/mol. The summed E-state index contributed by atoms with van der Waals surface area (Å²) in [6.45, 7) is 4.66. The van der Waals surface area contributed by atoms with E-state index in [0.29, 0.717) is 17.8 Å². The van der Waals surface area contributed by atoms with Gasteiger partial charge in [0.2, 0.25) is 0 Å². The van der Waals surface area contributed by atoms with Crippen molar-refractivity contribution in [2.24, 2.45) is 23.7 Å². The van der Waals surface area contributed by atoms with E-state index in [4.69, 9.17) is 7.85 Å². The molecule has 5 heteroatoms. The van der Waals surface area contributed by atoms with Gasteiger partial charge in [-0.15, -0.1) is 5.98 Å². The lowest BCUT2D eigenvalue weighted by Crippen LogP contribution is -2.42. The molecule has 0 spiro atoms. The molecule has 0 aliphatic heterocycles. The van der Waals surface area contributed by atoms with Crippen LogP contribution in [0, 0.1) is 23.7 Å². The van der Waals surface area contributed by atoms with Crippen molar-refractivity contribution in [3.05, 3.63) is 30.0 Å². The molecule has 5 unspecified atom stereocenters. The highest BCUT2D eigenvalue weighted by atomic mass is 79.9. The zero-order valence-electron chi connectivity index (χ0n) is 14.8. The number of nitrogens with one attached hydrogen (secondary N) is 1. The van der Waals surface area contributed by atoms with Gasteiger partial charge in [0.15, 0.2) is 0 Å². The first kappa shape index (κ1) is 17.2. The molecule has 0 saturated heterocycles. The molecule has 2 fully saturated rings. The third-order valence-corrected chi connectivity index (χ3v) is 6.91. The van der Waals surface area contributed by atoms with Gasteiger partial charge < -0.3 is 10.1 Å². The van der Waals surface area contributed by atoms with Crippen LogP contribution in [0.2, 0.25) is 0 Å². The number of hydrogen-bond donors (Lipinski definition) is 2. The number of aromatic nitrogens is 2. The molecule has 2 aliphatic carbocycles.